The molecule has 1 aromatic carbocycles. The van der Waals surface area contributed by atoms with Crippen molar-refractivity contribution in [2.24, 2.45) is 0 Å². The molecule has 0 saturated carbocycles. The van der Waals surface area contributed by atoms with Crippen LogP contribution >= 0.6 is 0 Å². The molecule has 31 heavy (non-hydrogen) atoms. The Hall–Kier alpha value is -3.19. The van der Waals surface area contributed by atoms with Crippen LogP contribution in [0.2, 0.25) is 0 Å². The fourth-order valence-corrected chi connectivity index (χ4v) is 3.40. The first-order chi connectivity index (χ1) is 15.2. The van der Waals surface area contributed by atoms with E-state index in [-0.39, 0.29) is 18.2 Å². The number of rotatable bonds is 10. The number of benzene rings is 1. The monoisotopic (exact) mass is 422 g/mol. The van der Waals surface area contributed by atoms with E-state index in [0.717, 1.165) is 19.6 Å². The largest absolute Gasteiger partial charge is 0.473 e. The molecule has 7 nitrogen and oxygen atoms in total. The van der Waals surface area contributed by atoms with Gasteiger partial charge in [-0.1, -0.05) is 30.7 Å². The molecule has 1 aromatic heterocycles. The van der Waals surface area contributed by atoms with Gasteiger partial charge >= 0.3 is 0 Å². The summed E-state index contributed by atoms with van der Waals surface area (Å²) in [5, 5.41) is 5.37. The van der Waals surface area contributed by atoms with Crippen LogP contribution in [-0.2, 0) is 16.1 Å². The minimum Gasteiger partial charge on any atom is -0.473 e. The molecular weight excluding hydrogens is 392 g/mol. The van der Waals surface area contributed by atoms with Crippen LogP contribution in [0.3, 0.4) is 0 Å². The van der Waals surface area contributed by atoms with Gasteiger partial charge in [0.1, 0.15) is 13.0 Å². The van der Waals surface area contributed by atoms with Gasteiger partial charge in [-0.05, 0) is 55.8 Å². The lowest BCUT2D eigenvalue weighted by atomic mass is 10.1. The predicted octanol–water partition coefficient (Wildman–Crippen LogP) is 3.15. The van der Waals surface area contributed by atoms with Gasteiger partial charge in [0.2, 0.25) is 17.7 Å². The number of pyridine rings is 1. The number of hydrogen-bond acceptors (Lipinski definition) is 5. The normalized spacial score (nSPS) is 14.3. The van der Waals surface area contributed by atoms with Crippen molar-refractivity contribution in [1.82, 2.24) is 15.2 Å². The van der Waals surface area contributed by atoms with Gasteiger partial charge in [0.05, 0.1) is 0 Å². The molecule has 2 heterocycles. The standard InChI is InChI=1S/C24H30N4O3/c29-22(18-23(30)27-21-9-3-1-4-10-21)25-12-5-8-16-31-24-17-20(11-13-26-24)19-28-14-6-2-7-15-28/h1,3-5,8-11,13,17H,2,6-7,12,14-16,18-19H2,(H,25,29)(H,27,30)/b8-5-. The Bertz CT molecular complexity index is 864. The van der Waals surface area contributed by atoms with Gasteiger partial charge in [0.25, 0.3) is 0 Å². The molecule has 1 fully saturated rings. The topological polar surface area (TPSA) is 83.6 Å². The highest BCUT2D eigenvalue weighted by atomic mass is 16.5. The van der Waals surface area contributed by atoms with Gasteiger partial charge in [-0.25, -0.2) is 4.98 Å². The van der Waals surface area contributed by atoms with Crippen LogP contribution in [0.25, 0.3) is 0 Å². The van der Waals surface area contributed by atoms with E-state index >= 15 is 0 Å². The van der Waals surface area contributed by atoms with Crippen LogP contribution in [0, 0.1) is 0 Å². The Morgan fingerprint density at radius 1 is 1.03 bits per heavy atom. The van der Waals surface area contributed by atoms with Gasteiger partial charge in [-0.2, -0.15) is 0 Å². The Morgan fingerprint density at radius 3 is 2.65 bits per heavy atom. The van der Waals surface area contributed by atoms with Crippen LogP contribution in [0.5, 0.6) is 5.88 Å². The second-order valence-electron chi connectivity index (χ2n) is 7.52. The lowest BCUT2D eigenvalue weighted by Gasteiger charge is -2.26. The number of likely N-dealkylation sites (tertiary alicyclic amines) is 1. The number of piperidine rings is 1. The van der Waals surface area contributed by atoms with Crippen LogP contribution < -0.4 is 15.4 Å². The van der Waals surface area contributed by atoms with Crippen LogP contribution in [-0.4, -0.2) is 47.9 Å². The van der Waals surface area contributed by atoms with Crippen molar-refractivity contribution in [2.75, 3.05) is 31.6 Å². The summed E-state index contributed by atoms with van der Waals surface area (Å²) in [5.74, 6) is -0.0709. The number of anilines is 1. The number of ether oxygens (including phenoxy) is 1. The van der Waals surface area contributed by atoms with E-state index in [0.29, 0.717) is 24.7 Å². The van der Waals surface area contributed by atoms with Crippen molar-refractivity contribution in [3.05, 3.63) is 66.4 Å². The number of amides is 2. The molecule has 0 bridgehead atoms. The predicted molar refractivity (Wildman–Crippen MR) is 121 cm³/mol. The fourth-order valence-electron chi connectivity index (χ4n) is 3.40. The van der Waals surface area contributed by atoms with Gasteiger partial charge in [-0.15, -0.1) is 0 Å². The Balaban J connectivity index is 1.31. The molecule has 164 valence electrons. The quantitative estimate of drug-likeness (QED) is 0.454. The molecular formula is C24H30N4O3. The van der Waals surface area contributed by atoms with E-state index in [4.69, 9.17) is 4.74 Å². The number of hydrogen-bond donors (Lipinski definition) is 2. The smallest absolute Gasteiger partial charge is 0.233 e. The number of carbonyl (C=O) groups is 2. The first-order valence-corrected chi connectivity index (χ1v) is 10.8. The number of carbonyl (C=O) groups excluding carboxylic acids is 2. The van der Waals surface area contributed by atoms with Gasteiger partial charge in [0, 0.05) is 31.0 Å². The van der Waals surface area contributed by atoms with Crippen LogP contribution in [0.1, 0.15) is 31.2 Å². The highest BCUT2D eigenvalue weighted by molar-refractivity contribution is 6.03. The molecule has 2 N–H and O–H groups in total. The number of nitrogens with one attached hydrogen (secondary N) is 2. The first kappa shape index (κ1) is 22.5. The van der Waals surface area contributed by atoms with E-state index in [1.54, 1.807) is 24.4 Å². The van der Waals surface area contributed by atoms with Gasteiger partial charge in [-0.3, -0.25) is 14.5 Å². The minimum atomic E-state index is -0.341. The molecule has 1 aliphatic rings. The van der Waals surface area contributed by atoms with E-state index in [1.807, 2.05) is 36.4 Å². The zero-order valence-corrected chi connectivity index (χ0v) is 17.8. The van der Waals surface area contributed by atoms with E-state index in [1.165, 1.54) is 24.8 Å². The summed E-state index contributed by atoms with van der Waals surface area (Å²) in [4.78, 5) is 30.4. The van der Waals surface area contributed by atoms with Crippen molar-refractivity contribution in [3.63, 3.8) is 0 Å². The third-order valence-electron chi connectivity index (χ3n) is 4.94. The second-order valence-corrected chi connectivity index (χ2v) is 7.52. The highest BCUT2D eigenvalue weighted by Crippen LogP contribution is 2.15. The zero-order chi connectivity index (χ0) is 21.7. The molecule has 2 amide bonds. The second kappa shape index (κ2) is 12.5. The van der Waals surface area contributed by atoms with Crippen molar-refractivity contribution in [2.45, 2.75) is 32.2 Å². The summed E-state index contributed by atoms with van der Waals surface area (Å²) in [6, 6.07) is 13.1. The number of nitrogens with zero attached hydrogens (tertiary/aromatic N) is 2. The maximum atomic E-state index is 11.8. The van der Waals surface area contributed by atoms with E-state index in [9.17, 15) is 9.59 Å². The molecule has 3 rings (SSSR count). The summed E-state index contributed by atoms with van der Waals surface area (Å²) in [7, 11) is 0. The minimum absolute atomic E-state index is 0.215. The Labute approximate surface area is 183 Å². The van der Waals surface area contributed by atoms with Gasteiger partial charge < -0.3 is 15.4 Å². The van der Waals surface area contributed by atoms with Crippen molar-refractivity contribution in [1.29, 1.82) is 0 Å². The highest BCUT2D eigenvalue weighted by Gasteiger charge is 2.11. The molecule has 0 radical (unpaired) electrons. The summed E-state index contributed by atoms with van der Waals surface area (Å²) >= 11 is 0. The lowest BCUT2D eigenvalue weighted by molar-refractivity contribution is -0.126. The van der Waals surface area contributed by atoms with Crippen molar-refractivity contribution < 1.29 is 14.3 Å². The van der Waals surface area contributed by atoms with Crippen LogP contribution in [0.4, 0.5) is 5.69 Å². The fraction of sp³-hybridized carbons (Fsp3) is 0.375. The number of aromatic nitrogens is 1. The van der Waals surface area contributed by atoms with E-state index in [2.05, 4.69) is 20.5 Å². The maximum Gasteiger partial charge on any atom is 0.233 e. The molecule has 0 unspecified atom stereocenters. The zero-order valence-electron chi connectivity index (χ0n) is 17.8. The van der Waals surface area contributed by atoms with Gasteiger partial charge in [0.15, 0.2) is 0 Å². The molecule has 0 spiro atoms. The summed E-state index contributed by atoms with van der Waals surface area (Å²) in [6.07, 6.45) is 9.05. The maximum absolute atomic E-state index is 11.8. The molecule has 7 heteroatoms. The molecule has 2 aromatic rings. The average Bonchev–Trinajstić information content (AvgIpc) is 2.78. The third-order valence-corrected chi connectivity index (χ3v) is 4.94. The lowest BCUT2D eigenvalue weighted by Crippen LogP contribution is -2.29. The number of para-hydroxylation sites is 1. The third kappa shape index (κ3) is 8.60. The summed E-state index contributed by atoms with van der Waals surface area (Å²) in [6.45, 7) is 3.94. The first-order valence-electron chi connectivity index (χ1n) is 10.8. The molecule has 1 saturated heterocycles. The Kier molecular flexibility index (Phi) is 9.07. The SMILES string of the molecule is O=C(CC(=O)Nc1ccccc1)NC/C=C\COc1cc(CN2CCCCC2)ccn1. The van der Waals surface area contributed by atoms with Crippen molar-refractivity contribution >= 4 is 17.5 Å². The molecule has 1 aliphatic heterocycles. The summed E-state index contributed by atoms with van der Waals surface area (Å²) in [5.41, 5.74) is 1.88. The molecule has 0 aliphatic carbocycles. The summed E-state index contributed by atoms with van der Waals surface area (Å²) < 4.78 is 5.68. The van der Waals surface area contributed by atoms with Crippen LogP contribution in [0.15, 0.2) is 60.8 Å². The molecule has 0 atom stereocenters. The van der Waals surface area contributed by atoms with Crippen molar-refractivity contribution in [3.8, 4) is 5.88 Å². The average molecular weight is 423 g/mol. The van der Waals surface area contributed by atoms with E-state index < -0.39 is 0 Å². The Morgan fingerprint density at radius 2 is 1.84 bits per heavy atom.